The van der Waals surface area contributed by atoms with Gasteiger partial charge in [0, 0.05) is 10.3 Å². The average Bonchev–Trinajstić information content (AvgIpc) is 2.86. The predicted octanol–water partition coefficient (Wildman–Crippen LogP) is 2.45. The van der Waals surface area contributed by atoms with E-state index in [0.29, 0.717) is 11.7 Å². The highest BCUT2D eigenvalue weighted by molar-refractivity contribution is 7.10. The molecule has 16 heavy (non-hydrogen) atoms. The molecule has 0 aliphatic carbocycles. The Hall–Kier alpha value is -0.940. The lowest BCUT2D eigenvalue weighted by molar-refractivity contribution is 0.401. The van der Waals surface area contributed by atoms with Crippen molar-refractivity contribution in [2.45, 2.75) is 31.7 Å². The maximum atomic E-state index is 5.77. The van der Waals surface area contributed by atoms with Crippen molar-refractivity contribution in [1.82, 2.24) is 20.2 Å². The van der Waals surface area contributed by atoms with Crippen molar-refractivity contribution in [2.75, 3.05) is 0 Å². The van der Waals surface area contributed by atoms with Crippen molar-refractivity contribution in [2.24, 2.45) is 0 Å². The third-order valence-electron chi connectivity index (χ3n) is 2.46. The van der Waals surface area contributed by atoms with Crippen molar-refractivity contribution in [3.63, 3.8) is 0 Å². The third kappa shape index (κ3) is 2.25. The van der Waals surface area contributed by atoms with Crippen LogP contribution in [-0.4, -0.2) is 20.2 Å². The van der Waals surface area contributed by atoms with Gasteiger partial charge in [0.25, 0.3) is 0 Å². The number of nitrogens with zero attached hydrogens (tertiary/aromatic N) is 4. The van der Waals surface area contributed by atoms with E-state index >= 15 is 0 Å². The molecular formula is C10H13ClN4S. The van der Waals surface area contributed by atoms with Gasteiger partial charge in [0.2, 0.25) is 0 Å². The minimum absolute atomic E-state index is 0.0182. The van der Waals surface area contributed by atoms with Crippen LogP contribution in [0.3, 0.4) is 0 Å². The molecule has 0 radical (unpaired) electrons. The Morgan fingerprint density at radius 1 is 1.50 bits per heavy atom. The largest absolute Gasteiger partial charge is 0.227 e. The average molecular weight is 257 g/mol. The van der Waals surface area contributed by atoms with E-state index in [1.165, 1.54) is 4.88 Å². The van der Waals surface area contributed by atoms with Crippen molar-refractivity contribution in [3.05, 3.63) is 28.2 Å². The van der Waals surface area contributed by atoms with E-state index in [1.54, 1.807) is 16.0 Å². The van der Waals surface area contributed by atoms with Gasteiger partial charge in [0.05, 0.1) is 12.4 Å². The summed E-state index contributed by atoms with van der Waals surface area (Å²) in [7, 11) is 0. The lowest BCUT2D eigenvalue weighted by Gasteiger charge is -2.23. The molecule has 0 saturated heterocycles. The van der Waals surface area contributed by atoms with Gasteiger partial charge in [-0.15, -0.1) is 28.0 Å². The number of rotatable bonds is 4. The number of hydrogen-bond donors (Lipinski definition) is 0. The fourth-order valence-corrected chi connectivity index (χ4v) is 2.59. The zero-order valence-electron chi connectivity index (χ0n) is 9.22. The number of thiophene rings is 1. The van der Waals surface area contributed by atoms with E-state index in [1.807, 2.05) is 0 Å². The third-order valence-corrected chi connectivity index (χ3v) is 3.93. The van der Waals surface area contributed by atoms with Crippen LogP contribution in [0.2, 0.25) is 0 Å². The maximum absolute atomic E-state index is 5.77. The molecule has 6 heteroatoms. The second-order valence-electron chi connectivity index (χ2n) is 4.25. The van der Waals surface area contributed by atoms with E-state index in [0.717, 1.165) is 6.54 Å². The van der Waals surface area contributed by atoms with Crippen LogP contribution in [0, 0.1) is 0 Å². The Bertz CT molecular complexity index is 449. The Balaban J connectivity index is 2.21. The molecule has 0 amide bonds. The molecule has 2 rings (SSSR count). The molecule has 0 N–H and O–H groups in total. The second-order valence-corrected chi connectivity index (χ2v) is 5.46. The van der Waals surface area contributed by atoms with Crippen molar-refractivity contribution >= 4 is 22.9 Å². The first-order valence-electron chi connectivity index (χ1n) is 4.98. The summed E-state index contributed by atoms with van der Waals surface area (Å²) in [6.07, 6.45) is 0. The van der Waals surface area contributed by atoms with Crippen LogP contribution in [0.1, 0.15) is 24.5 Å². The quantitative estimate of drug-likeness (QED) is 0.790. The summed E-state index contributed by atoms with van der Waals surface area (Å²) in [6.45, 7) is 5.10. The molecule has 2 aromatic rings. The summed E-state index contributed by atoms with van der Waals surface area (Å²) in [4.78, 5) is 1.32. The molecule has 86 valence electrons. The van der Waals surface area contributed by atoms with Gasteiger partial charge in [-0.3, -0.25) is 0 Å². The summed E-state index contributed by atoms with van der Waals surface area (Å²) < 4.78 is 1.77. The van der Waals surface area contributed by atoms with Gasteiger partial charge in [-0.25, -0.2) is 4.68 Å². The molecule has 4 nitrogen and oxygen atoms in total. The van der Waals surface area contributed by atoms with E-state index in [4.69, 9.17) is 11.6 Å². The van der Waals surface area contributed by atoms with Crippen molar-refractivity contribution in [3.8, 4) is 0 Å². The van der Waals surface area contributed by atoms with Gasteiger partial charge >= 0.3 is 0 Å². The monoisotopic (exact) mass is 256 g/mol. The molecule has 0 saturated carbocycles. The molecule has 0 fully saturated rings. The lowest BCUT2D eigenvalue weighted by Crippen LogP contribution is -2.25. The first-order valence-corrected chi connectivity index (χ1v) is 6.40. The highest BCUT2D eigenvalue weighted by Gasteiger charge is 2.24. The smallest absolute Gasteiger partial charge is 0.166 e. The molecule has 0 bridgehead atoms. The summed E-state index contributed by atoms with van der Waals surface area (Å²) in [6, 6.07) is 4.19. The normalized spacial score (nSPS) is 11.9. The number of aromatic nitrogens is 4. The van der Waals surface area contributed by atoms with Crippen molar-refractivity contribution < 1.29 is 0 Å². The van der Waals surface area contributed by atoms with Gasteiger partial charge in [-0.05, 0) is 21.9 Å². The van der Waals surface area contributed by atoms with E-state index in [2.05, 4.69) is 46.9 Å². The summed E-state index contributed by atoms with van der Waals surface area (Å²) >= 11 is 7.52. The molecule has 0 spiro atoms. The lowest BCUT2D eigenvalue weighted by atomic mass is 9.91. The Kier molecular flexibility index (Phi) is 3.25. The molecule has 0 aliphatic rings. The minimum atomic E-state index is 0.0182. The molecule has 2 heterocycles. The first kappa shape index (κ1) is 11.5. The number of tetrazole rings is 1. The minimum Gasteiger partial charge on any atom is -0.227 e. The van der Waals surface area contributed by atoms with Crippen LogP contribution < -0.4 is 0 Å². The summed E-state index contributed by atoms with van der Waals surface area (Å²) in [5.74, 6) is 1.05. The Morgan fingerprint density at radius 2 is 2.31 bits per heavy atom. The molecule has 0 atom stereocenters. The van der Waals surface area contributed by atoms with Crippen LogP contribution in [0.4, 0.5) is 0 Å². The number of halogens is 1. The highest BCUT2D eigenvalue weighted by Crippen LogP contribution is 2.29. The summed E-state index contributed by atoms with van der Waals surface area (Å²) in [5.41, 5.74) is 0.0182. The number of alkyl halides is 1. The zero-order valence-corrected chi connectivity index (χ0v) is 10.8. The molecular weight excluding hydrogens is 244 g/mol. The maximum Gasteiger partial charge on any atom is 0.166 e. The van der Waals surface area contributed by atoms with Gasteiger partial charge in [0.1, 0.15) is 0 Å². The first-order chi connectivity index (χ1) is 7.63. The van der Waals surface area contributed by atoms with Gasteiger partial charge < -0.3 is 0 Å². The molecule has 0 aromatic carbocycles. The van der Waals surface area contributed by atoms with E-state index in [-0.39, 0.29) is 5.41 Å². The summed E-state index contributed by atoms with van der Waals surface area (Å²) in [5, 5.41) is 13.6. The predicted molar refractivity (Wildman–Crippen MR) is 64.7 cm³/mol. The van der Waals surface area contributed by atoms with Crippen LogP contribution >= 0.6 is 22.9 Å². The van der Waals surface area contributed by atoms with Gasteiger partial charge in [0.15, 0.2) is 5.82 Å². The zero-order chi connectivity index (χ0) is 11.6. The fourth-order valence-electron chi connectivity index (χ4n) is 1.56. The van der Waals surface area contributed by atoms with Crippen LogP contribution in [0.5, 0.6) is 0 Å². The van der Waals surface area contributed by atoms with E-state index in [9.17, 15) is 0 Å². The van der Waals surface area contributed by atoms with Crippen LogP contribution in [0.25, 0.3) is 0 Å². The fraction of sp³-hybridized carbons (Fsp3) is 0.500. The standard InChI is InChI=1S/C10H13ClN4S/c1-10(2,8-4-3-5-16-8)7-15-9(6-11)12-13-14-15/h3-5H,6-7H2,1-2H3. The van der Waals surface area contributed by atoms with Gasteiger partial charge in [-0.2, -0.15) is 0 Å². The van der Waals surface area contributed by atoms with Crippen LogP contribution in [0.15, 0.2) is 17.5 Å². The van der Waals surface area contributed by atoms with Crippen LogP contribution in [-0.2, 0) is 17.8 Å². The Labute approximate surface area is 103 Å². The SMILES string of the molecule is CC(C)(Cn1nnnc1CCl)c1cccs1. The molecule has 2 aromatic heterocycles. The molecule has 0 unspecified atom stereocenters. The highest BCUT2D eigenvalue weighted by atomic mass is 35.5. The second kappa shape index (κ2) is 4.51. The van der Waals surface area contributed by atoms with Crippen molar-refractivity contribution in [1.29, 1.82) is 0 Å². The topological polar surface area (TPSA) is 43.6 Å². The molecule has 0 aliphatic heterocycles. The van der Waals surface area contributed by atoms with Gasteiger partial charge in [-0.1, -0.05) is 19.9 Å². The number of hydrogen-bond acceptors (Lipinski definition) is 4. The Morgan fingerprint density at radius 3 is 2.94 bits per heavy atom. The van der Waals surface area contributed by atoms with E-state index < -0.39 is 0 Å².